The Morgan fingerprint density at radius 1 is 1.24 bits per heavy atom. The van der Waals surface area contributed by atoms with E-state index in [0.29, 0.717) is 5.02 Å². The second-order valence-corrected chi connectivity index (χ2v) is 6.38. The highest BCUT2D eigenvalue weighted by molar-refractivity contribution is 6.30. The average Bonchev–Trinajstić information content (AvgIpc) is 2.51. The zero-order chi connectivity index (χ0) is 15.1. The summed E-state index contributed by atoms with van der Waals surface area (Å²) in [6.45, 7) is 4.34. The van der Waals surface area contributed by atoms with Crippen molar-refractivity contribution in [1.29, 1.82) is 0 Å². The Balaban J connectivity index is 2.00. The number of nitrogens with zero attached hydrogens (tertiary/aromatic N) is 1. The second-order valence-electron chi connectivity index (χ2n) is 5.95. The van der Waals surface area contributed by atoms with E-state index in [9.17, 15) is 4.39 Å². The van der Waals surface area contributed by atoms with E-state index in [1.165, 1.54) is 38.4 Å². The SMILES string of the molecule is CNCCC(CCN1CCCCC1)c1cc(Cl)ccc1F. The Hall–Kier alpha value is -0.640. The van der Waals surface area contributed by atoms with Gasteiger partial charge < -0.3 is 10.2 Å². The summed E-state index contributed by atoms with van der Waals surface area (Å²) >= 11 is 6.05. The second kappa shape index (κ2) is 8.72. The molecule has 0 radical (unpaired) electrons. The molecule has 0 amide bonds. The molecule has 1 aromatic carbocycles. The minimum absolute atomic E-state index is 0.126. The van der Waals surface area contributed by atoms with Crippen molar-refractivity contribution in [2.24, 2.45) is 0 Å². The number of hydrogen-bond acceptors (Lipinski definition) is 2. The molecule has 0 bridgehead atoms. The fraction of sp³-hybridized carbons (Fsp3) is 0.647. The first kappa shape index (κ1) is 16.7. The lowest BCUT2D eigenvalue weighted by Gasteiger charge is -2.28. The first-order valence-corrected chi connectivity index (χ1v) is 8.40. The first-order valence-electron chi connectivity index (χ1n) is 8.02. The van der Waals surface area contributed by atoms with E-state index in [1.54, 1.807) is 12.1 Å². The smallest absolute Gasteiger partial charge is 0.126 e. The lowest BCUT2D eigenvalue weighted by Crippen LogP contribution is -2.31. The van der Waals surface area contributed by atoms with Crippen LogP contribution < -0.4 is 5.32 Å². The molecule has 1 heterocycles. The van der Waals surface area contributed by atoms with Gasteiger partial charge in [-0.05, 0) is 88.6 Å². The molecule has 1 aliphatic rings. The van der Waals surface area contributed by atoms with Crippen molar-refractivity contribution in [3.05, 3.63) is 34.6 Å². The quantitative estimate of drug-likeness (QED) is 0.817. The molecule has 21 heavy (non-hydrogen) atoms. The number of nitrogens with one attached hydrogen (secondary N) is 1. The summed E-state index contributed by atoms with van der Waals surface area (Å²) < 4.78 is 14.1. The number of hydrogen-bond donors (Lipinski definition) is 1. The lowest BCUT2D eigenvalue weighted by atomic mass is 9.91. The molecule has 2 rings (SSSR count). The molecule has 0 aliphatic carbocycles. The van der Waals surface area contributed by atoms with Crippen molar-refractivity contribution in [3.8, 4) is 0 Å². The third-order valence-corrected chi connectivity index (χ3v) is 4.62. The summed E-state index contributed by atoms with van der Waals surface area (Å²) in [5.41, 5.74) is 0.773. The molecule has 2 nitrogen and oxygen atoms in total. The summed E-state index contributed by atoms with van der Waals surface area (Å²) in [5.74, 6) is 0.109. The van der Waals surface area contributed by atoms with Crippen LogP contribution in [0.3, 0.4) is 0 Å². The van der Waals surface area contributed by atoms with Gasteiger partial charge in [0.25, 0.3) is 0 Å². The highest BCUT2D eigenvalue weighted by Crippen LogP contribution is 2.29. The van der Waals surface area contributed by atoms with Gasteiger partial charge in [0.2, 0.25) is 0 Å². The van der Waals surface area contributed by atoms with Gasteiger partial charge >= 0.3 is 0 Å². The molecule has 0 spiro atoms. The Morgan fingerprint density at radius 2 is 2.00 bits per heavy atom. The van der Waals surface area contributed by atoms with Crippen LogP contribution in [0.2, 0.25) is 5.02 Å². The Bertz CT molecular complexity index is 433. The molecule has 0 saturated carbocycles. The van der Waals surface area contributed by atoms with Crippen molar-refractivity contribution in [2.45, 2.75) is 38.0 Å². The third kappa shape index (κ3) is 5.24. The highest BCUT2D eigenvalue weighted by atomic mass is 35.5. The largest absolute Gasteiger partial charge is 0.320 e. The summed E-state index contributed by atoms with van der Waals surface area (Å²) in [6, 6.07) is 4.92. The fourth-order valence-electron chi connectivity index (χ4n) is 3.12. The minimum atomic E-state index is -0.126. The van der Waals surface area contributed by atoms with E-state index < -0.39 is 0 Å². The van der Waals surface area contributed by atoms with E-state index in [0.717, 1.165) is 31.5 Å². The van der Waals surface area contributed by atoms with Crippen molar-refractivity contribution < 1.29 is 4.39 Å². The van der Waals surface area contributed by atoms with Crippen LogP contribution in [0.1, 0.15) is 43.6 Å². The summed E-state index contributed by atoms with van der Waals surface area (Å²) in [4.78, 5) is 2.51. The molecule has 1 atom stereocenters. The molecule has 1 N–H and O–H groups in total. The number of halogens is 2. The summed E-state index contributed by atoms with van der Waals surface area (Å²) in [7, 11) is 1.94. The Labute approximate surface area is 132 Å². The van der Waals surface area contributed by atoms with Gasteiger partial charge in [0.15, 0.2) is 0 Å². The molecule has 1 fully saturated rings. The van der Waals surface area contributed by atoms with Gasteiger partial charge in [0.05, 0.1) is 0 Å². The van der Waals surface area contributed by atoms with Crippen molar-refractivity contribution >= 4 is 11.6 Å². The van der Waals surface area contributed by atoms with Crippen LogP contribution in [0.15, 0.2) is 18.2 Å². The monoisotopic (exact) mass is 312 g/mol. The van der Waals surface area contributed by atoms with E-state index in [2.05, 4.69) is 10.2 Å². The maximum absolute atomic E-state index is 14.1. The van der Waals surface area contributed by atoms with Crippen molar-refractivity contribution in [2.75, 3.05) is 33.2 Å². The normalized spacial score (nSPS) is 17.9. The lowest BCUT2D eigenvalue weighted by molar-refractivity contribution is 0.219. The highest BCUT2D eigenvalue weighted by Gasteiger charge is 2.18. The molecule has 1 saturated heterocycles. The van der Waals surface area contributed by atoms with Crippen molar-refractivity contribution in [1.82, 2.24) is 10.2 Å². The number of rotatable bonds is 7. The van der Waals surface area contributed by atoms with Gasteiger partial charge in [0.1, 0.15) is 5.82 Å². The fourth-order valence-corrected chi connectivity index (χ4v) is 3.30. The predicted molar refractivity (Wildman–Crippen MR) is 87.6 cm³/mol. The van der Waals surface area contributed by atoms with E-state index >= 15 is 0 Å². The molecule has 1 aliphatic heterocycles. The zero-order valence-corrected chi connectivity index (χ0v) is 13.6. The predicted octanol–water partition coefficient (Wildman–Crippen LogP) is 4.05. The first-order chi connectivity index (χ1) is 10.2. The van der Waals surface area contributed by atoms with Gasteiger partial charge in [-0.15, -0.1) is 0 Å². The summed E-state index contributed by atoms with van der Waals surface area (Å²) in [5, 5.41) is 3.79. The Morgan fingerprint density at radius 3 is 2.71 bits per heavy atom. The van der Waals surface area contributed by atoms with Crippen molar-refractivity contribution in [3.63, 3.8) is 0 Å². The molecule has 118 valence electrons. The zero-order valence-electron chi connectivity index (χ0n) is 12.9. The molecular weight excluding hydrogens is 287 g/mol. The van der Waals surface area contributed by atoms with Gasteiger partial charge in [0, 0.05) is 5.02 Å². The van der Waals surface area contributed by atoms with E-state index in [1.807, 2.05) is 7.05 Å². The van der Waals surface area contributed by atoms with Crippen LogP contribution in [0.5, 0.6) is 0 Å². The van der Waals surface area contributed by atoms with Crippen LogP contribution in [0.25, 0.3) is 0 Å². The van der Waals surface area contributed by atoms with Crippen LogP contribution in [0, 0.1) is 5.82 Å². The molecular formula is C17H26ClFN2. The van der Waals surface area contributed by atoms with Crippen LogP contribution >= 0.6 is 11.6 Å². The van der Waals surface area contributed by atoms with Gasteiger partial charge in [-0.3, -0.25) is 0 Å². The summed E-state index contributed by atoms with van der Waals surface area (Å²) in [6.07, 6.45) is 5.89. The van der Waals surface area contributed by atoms with E-state index in [-0.39, 0.29) is 11.7 Å². The molecule has 4 heteroatoms. The van der Waals surface area contributed by atoms with Crippen LogP contribution in [-0.4, -0.2) is 38.1 Å². The number of piperidine rings is 1. The number of likely N-dealkylation sites (tertiary alicyclic amines) is 1. The van der Waals surface area contributed by atoms with E-state index in [4.69, 9.17) is 11.6 Å². The van der Waals surface area contributed by atoms with Gasteiger partial charge in [-0.1, -0.05) is 18.0 Å². The standard InChI is InChI=1S/C17H26ClFN2/c1-20-9-7-14(8-12-21-10-3-2-4-11-21)16-13-15(18)5-6-17(16)19/h5-6,13-14,20H,2-4,7-12H2,1H3. The molecule has 1 unspecified atom stereocenters. The van der Waals surface area contributed by atoms with Crippen LogP contribution in [0.4, 0.5) is 4.39 Å². The maximum Gasteiger partial charge on any atom is 0.126 e. The number of benzene rings is 1. The van der Waals surface area contributed by atoms with Crippen LogP contribution in [-0.2, 0) is 0 Å². The van der Waals surface area contributed by atoms with Gasteiger partial charge in [-0.25, -0.2) is 4.39 Å². The minimum Gasteiger partial charge on any atom is -0.320 e. The average molecular weight is 313 g/mol. The maximum atomic E-state index is 14.1. The molecule has 1 aromatic rings. The van der Waals surface area contributed by atoms with Gasteiger partial charge in [-0.2, -0.15) is 0 Å². The third-order valence-electron chi connectivity index (χ3n) is 4.38. The Kier molecular flexibility index (Phi) is 6.94. The molecule has 0 aromatic heterocycles. The topological polar surface area (TPSA) is 15.3 Å².